The molecule has 1 aliphatic carbocycles. The van der Waals surface area contributed by atoms with E-state index >= 15 is 0 Å². The van der Waals surface area contributed by atoms with E-state index in [2.05, 4.69) is 15.3 Å². The third kappa shape index (κ3) is 2.03. The number of rotatable bonds is 3. The van der Waals surface area contributed by atoms with E-state index in [0.29, 0.717) is 16.9 Å². The molecule has 0 radical (unpaired) electrons. The van der Waals surface area contributed by atoms with Gasteiger partial charge in [0.15, 0.2) is 0 Å². The number of hydrogen-bond donors (Lipinski definition) is 1. The minimum Gasteiger partial charge on any atom is -0.348 e. The van der Waals surface area contributed by atoms with E-state index in [1.165, 1.54) is 0 Å². The maximum Gasteiger partial charge on any atom is 0.223 e. The number of nitrogens with one attached hydrogen (secondary N) is 1. The molecule has 0 amide bonds. The summed E-state index contributed by atoms with van der Waals surface area (Å²) in [7, 11) is 0. The molecule has 1 aromatic rings. The van der Waals surface area contributed by atoms with E-state index < -0.39 is 0 Å². The molecule has 0 aromatic carbocycles. The maximum atomic E-state index is 5.79. The lowest BCUT2D eigenvalue weighted by Gasteiger charge is -2.12. The van der Waals surface area contributed by atoms with Gasteiger partial charge in [-0.2, -0.15) is 0 Å². The SMILES string of the molecule is ClCC1(Nc2ncc(Cl)cn2)CC1. The summed E-state index contributed by atoms with van der Waals surface area (Å²) in [6.45, 7) is 0. The molecule has 1 aromatic heterocycles. The Morgan fingerprint density at radius 3 is 2.46 bits per heavy atom. The van der Waals surface area contributed by atoms with Gasteiger partial charge in [0.25, 0.3) is 0 Å². The van der Waals surface area contributed by atoms with Crippen molar-refractivity contribution in [2.24, 2.45) is 0 Å². The summed E-state index contributed by atoms with van der Waals surface area (Å²) in [5.74, 6) is 1.20. The number of anilines is 1. The molecule has 2 rings (SSSR count). The highest BCUT2D eigenvalue weighted by molar-refractivity contribution is 6.30. The molecule has 5 heteroatoms. The van der Waals surface area contributed by atoms with Crippen molar-refractivity contribution in [3.05, 3.63) is 17.4 Å². The van der Waals surface area contributed by atoms with Crippen molar-refractivity contribution in [2.75, 3.05) is 11.2 Å². The summed E-state index contributed by atoms with van der Waals surface area (Å²) >= 11 is 11.4. The Balaban J connectivity index is 2.06. The van der Waals surface area contributed by atoms with Crippen LogP contribution in [0.15, 0.2) is 12.4 Å². The van der Waals surface area contributed by atoms with Crippen molar-refractivity contribution < 1.29 is 0 Å². The number of alkyl halides is 1. The lowest BCUT2D eigenvalue weighted by Crippen LogP contribution is -2.24. The van der Waals surface area contributed by atoms with Crippen LogP contribution in [0.4, 0.5) is 5.95 Å². The van der Waals surface area contributed by atoms with E-state index in [1.807, 2.05) is 0 Å². The summed E-state index contributed by atoms with van der Waals surface area (Å²) in [5.41, 5.74) is 0.0371. The number of nitrogens with zero attached hydrogens (tertiary/aromatic N) is 2. The molecule has 70 valence electrons. The van der Waals surface area contributed by atoms with Gasteiger partial charge in [0, 0.05) is 5.88 Å². The van der Waals surface area contributed by atoms with Crippen molar-refractivity contribution in [1.82, 2.24) is 9.97 Å². The molecular formula is C8H9Cl2N3. The Bertz CT molecular complexity index is 295. The second kappa shape index (κ2) is 3.31. The van der Waals surface area contributed by atoms with Gasteiger partial charge in [-0.05, 0) is 12.8 Å². The summed E-state index contributed by atoms with van der Waals surface area (Å²) < 4.78 is 0. The lowest BCUT2D eigenvalue weighted by atomic mass is 10.3. The summed E-state index contributed by atoms with van der Waals surface area (Å²) in [6.07, 6.45) is 5.31. The van der Waals surface area contributed by atoms with E-state index in [4.69, 9.17) is 23.2 Å². The highest BCUT2D eigenvalue weighted by Gasteiger charge is 2.42. The first-order valence-corrected chi connectivity index (χ1v) is 4.97. The van der Waals surface area contributed by atoms with Crippen LogP contribution in [0.3, 0.4) is 0 Å². The standard InChI is InChI=1S/C8H9Cl2N3/c9-5-8(1-2-8)13-7-11-3-6(10)4-12-7/h3-4H,1-2,5H2,(H,11,12,13). The number of aromatic nitrogens is 2. The van der Waals surface area contributed by atoms with Crippen LogP contribution in [0.5, 0.6) is 0 Å². The monoisotopic (exact) mass is 217 g/mol. The van der Waals surface area contributed by atoms with Crippen LogP contribution < -0.4 is 5.32 Å². The minimum absolute atomic E-state index is 0.0371. The molecule has 0 aliphatic heterocycles. The molecule has 0 unspecified atom stereocenters. The molecule has 0 atom stereocenters. The third-order valence-electron chi connectivity index (χ3n) is 2.11. The smallest absolute Gasteiger partial charge is 0.223 e. The number of hydrogen-bond acceptors (Lipinski definition) is 3. The second-order valence-electron chi connectivity index (χ2n) is 3.26. The van der Waals surface area contributed by atoms with Gasteiger partial charge in [-0.3, -0.25) is 0 Å². The molecule has 0 spiro atoms. The zero-order valence-electron chi connectivity index (χ0n) is 6.93. The van der Waals surface area contributed by atoms with E-state index in [9.17, 15) is 0 Å². The largest absolute Gasteiger partial charge is 0.348 e. The zero-order valence-corrected chi connectivity index (χ0v) is 8.44. The summed E-state index contributed by atoms with van der Waals surface area (Å²) in [5, 5.41) is 3.74. The topological polar surface area (TPSA) is 37.8 Å². The van der Waals surface area contributed by atoms with E-state index in [1.54, 1.807) is 12.4 Å². The Kier molecular flexibility index (Phi) is 2.30. The molecule has 1 saturated carbocycles. The van der Waals surface area contributed by atoms with Gasteiger partial charge in [-0.15, -0.1) is 11.6 Å². The first-order chi connectivity index (χ1) is 6.24. The van der Waals surface area contributed by atoms with Crippen molar-refractivity contribution in [2.45, 2.75) is 18.4 Å². The van der Waals surface area contributed by atoms with Crippen LogP contribution in [0, 0.1) is 0 Å². The Hall–Kier alpha value is -0.540. The molecular weight excluding hydrogens is 209 g/mol. The van der Waals surface area contributed by atoms with Gasteiger partial charge in [0.2, 0.25) is 5.95 Å². The third-order valence-corrected chi connectivity index (χ3v) is 2.81. The number of halogens is 2. The summed E-state index contributed by atoms with van der Waals surface area (Å²) in [4.78, 5) is 8.08. The molecule has 0 bridgehead atoms. The van der Waals surface area contributed by atoms with Gasteiger partial charge in [0.1, 0.15) is 0 Å². The molecule has 1 heterocycles. The highest BCUT2D eigenvalue weighted by Crippen LogP contribution is 2.39. The van der Waals surface area contributed by atoms with Crippen molar-refractivity contribution >= 4 is 29.2 Å². The van der Waals surface area contributed by atoms with Crippen LogP contribution in [-0.2, 0) is 0 Å². The van der Waals surface area contributed by atoms with Crippen LogP contribution in [-0.4, -0.2) is 21.4 Å². The molecule has 0 saturated heterocycles. The molecule has 1 aliphatic rings. The normalized spacial score (nSPS) is 18.3. The predicted molar refractivity (Wildman–Crippen MR) is 53.3 cm³/mol. The fourth-order valence-corrected chi connectivity index (χ4v) is 1.49. The second-order valence-corrected chi connectivity index (χ2v) is 3.97. The van der Waals surface area contributed by atoms with E-state index in [-0.39, 0.29) is 5.54 Å². The molecule has 3 nitrogen and oxygen atoms in total. The van der Waals surface area contributed by atoms with Crippen LogP contribution in [0.2, 0.25) is 5.02 Å². The van der Waals surface area contributed by atoms with Crippen molar-refractivity contribution in [1.29, 1.82) is 0 Å². The molecule has 13 heavy (non-hydrogen) atoms. The first kappa shape index (κ1) is 9.03. The predicted octanol–water partition coefficient (Wildman–Crippen LogP) is 2.31. The zero-order chi connectivity index (χ0) is 9.31. The Morgan fingerprint density at radius 1 is 1.38 bits per heavy atom. The highest BCUT2D eigenvalue weighted by atomic mass is 35.5. The molecule has 1 fully saturated rings. The maximum absolute atomic E-state index is 5.79. The molecule has 1 N–H and O–H groups in total. The fraction of sp³-hybridized carbons (Fsp3) is 0.500. The van der Waals surface area contributed by atoms with Crippen molar-refractivity contribution in [3.63, 3.8) is 0 Å². The Morgan fingerprint density at radius 2 is 2.00 bits per heavy atom. The average molecular weight is 218 g/mol. The minimum atomic E-state index is 0.0371. The van der Waals surface area contributed by atoms with Crippen LogP contribution >= 0.6 is 23.2 Å². The lowest BCUT2D eigenvalue weighted by molar-refractivity contribution is 0.818. The average Bonchev–Trinajstić information content (AvgIpc) is 2.90. The van der Waals surface area contributed by atoms with E-state index in [0.717, 1.165) is 12.8 Å². The van der Waals surface area contributed by atoms with Gasteiger partial charge in [-0.1, -0.05) is 11.6 Å². The quantitative estimate of drug-likeness (QED) is 0.791. The van der Waals surface area contributed by atoms with Crippen molar-refractivity contribution in [3.8, 4) is 0 Å². The van der Waals surface area contributed by atoms with Gasteiger partial charge < -0.3 is 5.32 Å². The fourth-order valence-electron chi connectivity index (χ4n) is 1.06. The summed E-state index contributed by atoms with van der Waals surface area (Å²) in [6, 6.07) is 0. The van der Waals surface area contributed by atoms with Crippen LogP contribution in [0.1, 0.15) is 12.8 Å². The first-order valence-electron chi connectivity index (χ1n) is 4.06. The van der Waals surface area contributed by atoms with Gasteiger partial charge in [-0.25, -0.2) is 9.97 Å². The van der Waals surface area contributed by atoms with Gasteiger partial charge in [0.05, 0.1) is 23.0 Å². The Labute approximate surface area is 86.5 Å². The van der Waals surface area contributed by atoms with Crippen LogP contribution in [0.25, 0.3) is 0 Å². The van der Waals surface area contributed by atoms with Gasteiger partial charge >= 0.3 is 0 Å².